The molecule has 1 saturated heterocycles. The van der Waals surface area contributed by atoms with E-state index in [1.54, 1.807) is 0 Å². The van der Waals surface area contributed by atoms with Gasteiger partial charge in [0.1, 0.15) is 0 Å². The lowest BCUT2D eigenvalue weighted by Gasteiger charge is -2.39. The maximum atomic E-state index is 12.7. The van der Waals surface area contributed by atoms with Crippen LogP contribution in [-0.4, -0.2) is 50.1 Å². The molecule has 4 nitrogen and oxygen atoms in total. The Labute approximate surface area is 115 Å². The molecule has 0 spiro atoms. The minimum Gasteiger partial charge on any atom is -0.378 e. The van der Waals surface area contributed by atoms with Gasteiger partial charge in [-0.1, -0.05) is 6.07 Å². The molecule has 1 N–H and O–H groups in total. The molecule has 1 fully saturated rings. The van der Waals surface area contributed by atoms with Crippen molar-refractivity contribution in [2.75, 3.05) is 32.1 Å². The van der Waals surface area contributed by atoms with Crippen LogP contribution in [0, 0.1) is 0 Å². The Balaban J connectivity index is 2.25. The highest BCUT2D eigenvalue weighted by Crippen LogP contribution is 2.18. The van der Waals surface area contributed by atoms with E-state index < -0.39 is 0 Å². The van der Waals surface area contributed by atoms with Crippen LogP contribution in [-0.2, 0) is 0 Å². The van der Waals surface area contributed by atoms with Gasteiger partial charge in [-0.15, -0.1) is 0 Å². The molecule has 2 unspecified atom stereocenters. The number of hydrogen-bond donors (Lipinski definition) is 1. The minimum absolute atomic E-state index is 0.130. The molecule has 0 aliphatic carbocycles. The Hall–Kier alpha value is -1.55. The Bertz CT molecular complexity index is 448. The topological polar surface area (TPSA) is 35.6 Å². The van der Waals surface area contributed by atoms with Crippen LogP contribution in [0.1, 0.15) is 24.2 Å². The van der Waals surface area contributed by atoms with Crippen molar-refractivity contribution in [3.05, 3.63) is 29.8 Å². The molecular formula is C15H23N3O. The zero-order valence-electron chi connectivity index (χ0n) is 12.2. The number of amides is 1. The smallest absolute Gasteiger partial charge is 0.254 e. The highest BCUT2D eigenvalue weighted by Gasteiger charge is 2.29. The largest absolute Gasteiger partial charge is 0.378 e. The third-order valence-electron chi connectivity index (χ3n) is 3.67. The molecule has 1 aromatic carbocycles. The highest BCUT2D eigenvalue weighted by atomic mass is 16.2. The molecule has 0 saturated carbocycles. The maximum absolute atomic E-state index is 12.7. The molecule has 2 rings (SSSR count). The number of nitrogens with one attached hydrogen (secondary N) is 1. The van der Waals surface area contributed by atoms with Crippen LogP contribution in [0.25, 0.3) is 0 Å². The van der Waals surface area contributed by atoms with Gasteiger partial charge in [0.05, 0.1) is 0 Å². The number of carbonyl (C=O) groups is 1. The molecule has 0 aromatic heterocycles. The molecule has 0 bridgehead atoms. The summed E-state index contributed by atoms with van der Waals surface area (Å²) in [5, 5.41) is 3.35. The molecule has 1 amide bonds. The van der Waals surface area contributed by atoms with Crippen molar-refractivity contribution in [3.63, 3.8) is 0 Å². The second-order valence-electron chi connectivity index (χ2n) is 5.51. The van der Waals surface area contributed by atoms with Gasteiger partial charge >= 0.3 is 0 Å². The lowest BCUT2D eigenvalue weighted by atomic mass is 10.1. The molecule has 1 heterocycles. The van der Waals surface area contributed by atoms with Crippen LogP contribution < -0.4 is 10.2 Å². The normalized spacial score (nSPS) is 23.3. The molecule has 1 aromatic rings. The van der Waals surface area contributed by atoms with Gasteiger partial charge in [-0.05, 0) is 32.0 Å². The third-order valence-corrected chi connectivity index (χ3v) is 3.67. The van der Waals surface area contributed by atoms with Crippen molar-refractivity contribution >= 4 is 11.6 Å². The van der Waals surface area contributed by atoms with E-state index in [-0.39, 0.29) is 18.0 Å². The third kappa shape index (κ3) is 2.89. The number of piperazine rings is 1. The molecule has 19 heavy (non-hydrogen) atoms. The number of benzene rings is 1. The Kier molecular flexibility index (Phi) is 4.10. The van der Waals surface area contributed by atoms with Crippen LogP contribution in [0.5, 0.6) is 0 Å². The minimum atomic E-state index is 0.130. The Morgan fingerprint density at radius 1 is 1.26 bits per heavy atom. The number of carbonyl (C=O) groups excluding carboxylic acids is 1. The summed E-state index contributed by atoms with van der Waals surface area (Å²) >= 11 is 0. The molecule has 2 atom stereocenters. The van der Waals surface area contributed by atoms with Gasteiger partial charge in [0.25, 0.3) is 5.91 Å². The lowest BCUT2D eigenvalue weighted by molar-refractivity contribution is 0.0544. The maximum Gasteiger partial charge on any atom is 0.254 e. The van der Waals surface area contributed by atoms with E-state index in [1.807, 2.05) is 48.2 Å². The second kappa shape index (κ2) is 5.61. The predicted molar refractivity (Wildman–Crippen MR) is 78.7 cm³/mol. The first-order valence-corrected chi connectivity index (χ1v) is 6.81. The van der Waals surface area contributed by atoms with Crippen LogP contribution in [0.3, 0.4) is 0 Å². The van der Waals surface area contributed by atoms with E-state index in [9.17, 15) is 4.79 Å². The molecule has 104 valence electrons. The van der Waals surface area contributed by atoms with Gasteiger partial charge < -0.3 is 15.1 Å². The van der Waals surface area contributed by atoms with E-state index in [4.69, 9.17) is 0 Å². The van der Waals surface area contributed by atoms with Crippen molar-refractivity contribution in [1.82, 2.24) is 10.2 Å². The zero-order chi connectivity index (χ0) is 14.0. The first kappa shape index (κ1) is 13.9. The van der Waals surface area contributed by atoms with Crippen molar-refractivity contribution in [1.29, 1.82) is 0 Å². The van der Waals surface area contributed by atoms with E-state index in [0.29, 0.717) is 0 Å². The average molecular weight is 261 g/mol. The van der Waals surface area contributed by atoms with Crippen LogP contribution in [0.2, 0.25) is 0 Å². The first-order chi connectivity index (χ1) is 9.00. The Morgan fingerprint density at radius 3 is 2.47 bits per heavy atom. The summed E-state index contributed by atoms with van der Waals surface area (Å²) in [5.74, 6) is 0.130. The van der Waals surface area contributed by atoms with E-state index in [2.05, 4.69) is 19.2 Å². The van der Waals surface area contributed by atoms with E-state index >= 15 is 0 Å². The van der Waals surface area contributed by atoms with Gasteiger partial charge in [0, 0.05) is 50.5 Å². The monoisotopic (exact) mass is 261 g/mol. The summed E-state index contributed by atoms with van der Waals surface area (Å²) in [6.07, 6.45) is 0. The van der Waals surface area contributed by atoms with Crippen LogP contribution in [0.4, 0.5) is 5.69 Å². The fourth-order valence-electron chi connectivity index (χ4n) is 2.60. The number of hydrogen-bond acceptors (Lipinski definition) is 3. The standard InChI is InChI=1S/C15H23N3O/c1-11-9-16-10-12(2)18(11)15(19)13-6-5-7-14(8-13)17(3)4/h5-8,11-12,16H,9-10H2,1-4H3. The van der Waals surface area contributed by atoms with Gasteiger partial charge in [0.2, 0.25) is 0 Å². The highest BCUT2D eigenvalue weighted by molar-refractivity contribution is 5.95. The van der Waals surface area contributed by atoms with E-state index in [1.165, 1.54) is 0 Å². The van der Waals surface area contributed by atoms with Crippen LogP contribution in [0.15, 0.2) is 24.3 Å². The first-order valence-electron chi connectivity index (χ1n) is 6.81. The average Bonchev–Trinajstić information content (AvgIpc) is 2.38. The van der Waals surface area contributed by atoms with Crippen LogP contribution >= 0.6 is 0 Å². The fourth-order valence-corrected chi connectivity index (χ4v) is 2.60. The van der Waals surface area contributed by atoms with Crippen molar-refractivity contribution < 1.29 is 4.79 Å². The molecular weight excluding hydrogens is 238 g/mol. The summed E-state index contributed by atoms with van der Waals surface area (Å²) in [6.45, 7) is 5.92. The molecule has 1 aliphatic heterocycles. The van der Waals surface area contributed by atoms with Crippen molar-refractivity contribution in [3.8, 4) is 0 Å². The lowest BCUT2D eigenvalue weighted by Crippen LogP contribution is -2.57. The van der Waals surface area contributed by atoms with Gasteiger partial charge in [0.15, 0.2) is 0 Å². The molecule has 4 heteroatoms. The summed E-state index contributed by atoms with van der Waals surface area (Å²) < 4.78 is 0. The SMILES string of the molecule is CC1CNCC(C)N1C(=O)c1cccc(N(C)C)c1. The van der Waals surface area contributed by atoms with Crippen molar-refractivity contribution in [2.45, 2.75) is 25.9 Å². The number of rotatable bonds is 2. The predicted octanol–water partition coefficient (Wildman–Crippen LogP) is 1.57. The molecule has 1 aliphatic rings. The van der Waals surface area contributed by atoms with E-state index in [0.717, 1.165) is 24.3 Å². The fraction of sp³-hybridized carbons (Fsp3) is 0.533. The van der Waals surface area contributed by atoms with Crippen molar-refractivity contribution in [2.24, 2.45) is 0 Å². The number of nitrogens with zero attached hydrogens (tertiary/aromatic N) is 2. The summed E-state index contributed by atoms with van der Waals surface area (Å²) in [5.41, 5.74) is 1.83. The van der Waals surface area contributed by atoms with Gasteiger partial charge in [-0.25, -0.2) is 0 Å². The molecule has 0 radical (unpaired) electrons. The summed E-state index contributed by atoms with van der Waals surface area (Å²) in [6, 6.07) is 8.29. The summed E-state index contributed by atoms with van der Waals surface area (Å²) in [4.78, 5) is 16.7. The number of anilines is 1. The zero-order valence-corrected chi connectivity index (χ0v) is 12.2. The second-order valence-corrected chi connectivity index (χ2v) is 5.51. The Morgan fingerprint density at radius 2 is 1.89 bits per heavy atom. The summed E-state index contributed by atoms with van der Waals surface area (Å²) in [7, 11) is 3.97. The van der Waals surface area contributed by atoms with Gasteiger partial charge in [-0.3, -0.25) is 4.79 Å². The quantitative estimate of drug-likeness (QED) is 0.878. The van der Waals surface area contributed by atoms with Gasteiger partial charge in [-0.2, -0.15) is 0 Å².